The van der Waals surface area contributed by atoms with Crippen molar-refractivity contribution < 1.29 is 44.0 Å². The van der Waals surface area contributed by atoms with Crippen LogP contribution in [-0.2, 0) is 19.2 Å². The van der Waals surface area contributed by atoms with Gasteiger partial charge in [0, 0.05) is 0 Å². The third-order valence-corrected chi connectivity index (χ3v) is 8.77. The van der Waals surface area contributed by atoms with Crippen LogP contribution in [0, 0.1) is 0 Å². The largest absolute Gasteiger partial charge is 1.00 e. The second-order valence-electron chi connectivity index (χ2n) is 7.88. The molecule has 0 bridgehead atoms. The summed E-state index contributed by atoms with van der Waals surface area (Å²) in [5, 5.41) is 0. The minimum Gasteiger partial charge on any atom is -1.00 e. The zero-order valence-electron chi connectivity index (χ0n) is 17.3. The van der Waals surface area contributed by atoms with Gasteiger partial charge in [-0.1, -0.05) is 0 Å². The van der Waals surface area contributed by atoms with Crippen molar-refractivity contribution in [1.82, 2.24) is 0 Å². The van der Waals surface area contributed by atoms with E-state index in [4.69, 9.17) is 0 Å². The maximum Gasteiger partial charge on any atom is -1.00 e. The van der Waals surface area contributed by atoms with Gasteiger partial charge in [0.15, 0.2) is 0 Å². The molecule has 2 aromatic carbocycles. The number of allylic oxidation sites excluding steroid dienone is 4. The fraction of sp³-hybridized carbons (Fsp3) is 0.385. The van der Waals surface area contributed by atoms with E-state index in [2.05, 4.69) is 67.6 Å². The summed E-state index contributed by atoms with van der Waals surface area (Å²) in [6.45, 7) is 2.30. The van der Waals surface area contributed by atoms with Crippen molar-refractivity contribution in [2.75, 3.05) is 0 Å². The van der Waals surface area contributed by atoms with Crippen LogP contribution in [0.15, 0.2) is 70.1 Å². The molecule has 0 radical (unpaired) electrons. The summed E-state index contributed by atoms with van der Waals surface area (Å²) in [5.74, 6) is 0. The molecule has 4 rings (SSSR count). The van der Waals surface area contributed by atoms with Crippen LogP contribution in [0.2, 0.25) is 0 Å². The zero-order valence-corrected chi connectivity index (χ0v) is 20.3. The minimum atomic E-state index is -0.179. The fourth-order valence-corrected chi connectivity index (χ4v) is 7.32. The molecule has 0 aromatic heterocycles. The van der Waals surface area contributed by atoms with E-state index in [1.165, 1.54) is 62.5 Å². The van der Waals surface area contributed by atoms with Gasteiger partial charge in [-0.25, -0.2) is 0 Å². The zero-order chi connectivity index (χ0) is 18.5. The summed E-state index contributed by atoms with van der Waals surface area (Å²) in [4.78, 5) is 0. The van der Waals surface area contributed by atoms with Gasteiger partial charge in [0.05, 0.1) is 0 Å². The molecule has 0 atom stereocenters. The van der Waals surface area contributed by atoms with Crippen molar-refractivity contribution >= 4 is 0 Å². The first-order valence-corrected chi connectivity index (χ1v) is 12.4. The molecule has 3 heteroatoms. The maximum absolute atomic E-state index is 2.44. The second-order valence-corrected chi connectivity index (χ2v) is 10.2. The molecular weight excluding hydrogens is 431 g/mol. The molecule has 0 spiro atoms. The molecule has 0 saturated heterocycles. The van der Waals surface area contributed by atoms with E-state index in [1.807, 2.05) is 0 Å². The first-order chi connectivity index (χ1) is 13.4. The third-order valence-electron chi connectivity index (χ3n) is 5.98. The first kappa shape index (κ1) is 24.5. The van der Waals surface area contributed by atoms with Gasteiger partial charge < -0.3 is 24.8 Å². The van der Waals surface area contributed by atoms with Crippen LogP contribution in [0.5, 0.6) is 0 Å². The van der Waals surface area contributed by atoms with E-state index in [0.29, 0.717) is 4.22 Å². The standard InChI is InChI=1S/C13H9.C13H21.2ClH.Ti/c1-3-7-12-10(5-1)9-11-6-2-4-8-13(11)12;1-2-3-4-5-6-7-10-13-11-8-9-12-13;;;/h1-9H;8,11H,2-7,9-10H2,1H3;2*1H;/q;;;;+2/p-2. The number of halogens is 2. The Morgan fingerprint density at radius 3 is 2.03 bits per heavy atom. The van der Waals surface area contributed by atoms with Gasteiger partial charge in [-0.2, -0.15) is 0 Å². The fourth-order valence-electron chi connectivity index (χ4n) is 4.52. The number of benzene rings is 2. The topological polar surface area (TPSA) is 0 Å². The monoisotopic (exact) mass is 460 g/mol. The minimum absolute atomic E-state index is 0. The van der Waals surface area contributed by atoms with E-state index >= 15 is 0 Å². The van der Waals surface area contributed by atoms with Gasteiger partial charge in [-0.05, 0) is 0 Å². The third kappa shape index (κ3) is 5.68. The molecule has 152 valence electrons. The number of hydrogen-bond acceptors (Lipinski definition) is 0. The Bertz CT molecular complexity index is 808. The molecule has 2 aromatic rings. The summed E-state index contributed by atoms with van der Waals surface area (Å²) >= 11 is -0.179. The molecule has 0 saturated carbocycles. The Hall–Kier alpha value is -0.786. The molecule has 0 heterocycles. The number of fused-ring (bicyclic) bond motifs is 3. The Balaban J connectivity index is 0.00000150. The second kappa shape index (κ2) is 12.2. The van der Waals surface area contributed by atoms with Crippen LogP contribution >= 0.6 is 0 Å². The van der Waals surface area contributed by atoms with Crippen LogP contribution in [0.1, 0.15) is 73.6 Å². The summed E-state index contributed by atoms with van der Waals surface area (Å²) < 4.78 is 2.46. The molecule has 0 unspecified atom stereocenters. The van der Waals surface area contributed by atoms with Gasteiger partial charge in [0.2, 0.25) is 0 Å². The van der Waals surface area contributed by atoms with Crippen molar-refractivity contribution in [2.45, 2.75) is 62.5 Å². The Labute approximate surface area is 198 Å². The predicted octanol–water partition coefficient (Wildman–Crippen LogP) is 1.81. The van der Waals surface area contributed by atoms with Gasteiger partial charge in [-0.3, -0.25) is 0 Å². The normalized spacial score (nSPS) is 14.1. The quantitative estimate of drug-likeness (QED) is 0.395. The number of rotatable bonds is 9. The van der Waals surface area contributed by atoms with Crippen LogP contribution in [0.25, 0.3) is 11.1 Å². The molecule has 0 fully saturated rings. The SMILES string of the molecule is CCCCCCCCC1=[C]([Ti+2][CH]2c3ccccc3-c3ccccc32)CC=C1.[Cl-].[Cl-]. The van der Waals surface area contributed by atoms with Crippen molar-refractivity contribution in [3.05, 3.63) is 81.3 Å². The summed E-state index contributed by atoms with van der Waals surface area (Å²) in [6, 6.07) is 18.2. The Kier molecular flexibility index (Phi) is 10.3. The van der Waals surface area contributed by atoms with Crippen LogP contribution in [0.3, 0.4) is 0 Å². The smallest absolute Gasteiger partial charge is 1.00 e. The molecule has 0 aliphatic heterocycles. The van der Waals surface area contributed by atoms with Crippen molar-refractivity contribution in [3.63, 3.8) is 0 Å². The molecule has 29 heavy (non-hydrogen) atoms. The maximum atomic E-state index is 2.44. The van der Waals surface area contributed by atoms with E-state index in [0.717, 1.165) is 0 Å². The average Bonchev–Trinajstić information content (AvgIpc) is 3.28. The van der Waals surface area contributed by atoms with E-state index in [1.54, 1.807) is 20.6 Å². The summed E-state index contributed by atoms with van der Waals surface area (Å²) in [5.41, 5.74) is 7.80. The van der Waals surface area contributed by atoms with Gasteiger partial charge in [0.1, 0.15) is 0 Å². The van der Waals surface area contributed by atoms with Crippen LogP contribution in [0.4, 0.5) is 0 Å². The first-order valence-electron chi connectivity index (χ1n) is 10.7. The predicted molar refractivity (Wildman–Crippen MR) is 112 cm³/mol. The summed E-state index contributed by atoms with van der Waals surface area (Å²) in [7, 11) is 0. The van der Waals surface area contributed by atoms with E-state index < -0.39 is 0 Å². The number of unbranched alkanes of at least 4 members (excludes halogenated alkanes) is 5. The van der Waals surface area contributed by atoms with Crippen molar-refractivity contribution in [1.29, 1.82) is 0 Å². The van der Waals surface area contributed by atoms with Gasteiger partial charge >= 0.3 is 174 Å². The molecule has 0 nitrogen and oxygen atoms in total. The molecule has 2 aliphatic carbocycles. The van der Waals surface area contributed by atoms with Crippen molar-refractivity contribution in [2.24, 2.45) is 0 Å². The number of hydrogen-bond donors (Lipinski definition) is 0. The average molecular weight is 461 g/mol. The van der Waals surface area contributed by atoms with E-state index in [9.17, 15) is 0 Å². The molecule has 0 amide bonds. The Morgan fingerprint density at radius 2 is 1.38 bits per heavy atom. The van der Waals surface area contributed by atoms with Crippen molar-refractivity contribution in [3.8, 4) is 11.1 Å². The van der Waals surface area contributed by atoms with Crippen LogP contribution in [-0.4, -0.2) is 0 Å². The van der Waals surface area contributed by atoms with E-state index in [-0.39, 0.29) is 44.0 Å². The van der Waals surface area contributed by atoms with Crippen LogP contribution < -0.4 is 24.8 Å². The molecule has 2 aliphatic rings. The molecular formula is C26H30Cl2Ti. The van der Waals surface area contributed by atoms with Gasteiger partial charge in [-0.15, -0.1) is 0 Å². The Morgan fingerprint density at radius 1 is 0.793 bits per heavy atom. The molecule has 0 N–H and O–H groups in total. The summed E-state index contributed by atoms with van der Waals surface area (Å²) in [6.07, 6.45) is 15.7. The van der Waals surface area contributed by atoms with Gasteiger partial charge in [0.25, 0.3) is 0 Å².